The molecular weight excluding hydrogens is 230 g/mol. The first-order valence-corrected chi connectivity index (χ1v) is 6.14. The van der Waals surface area contributed by atoms with Gasteiger partial charge in [0.25, 0.3) is 0 Å². The number of carbonyl (C=O) groups excluding carboxylic acids is 1. The molecule has 1 rings (SSSR count). The molecule has 18 heavy (non-hydrogen) atoms. The molecule has 4 nitrogen and oxygen atoms in total. The van der Waals surface area contributed by atoms with E-state index in [1.165, 1.54) is 5.56 Å². The van der Waals surface area contributed by atoms with Crippen molar-refractivity contribution in [2.24, 2.45) is 5.92 Å². The molecule has 0 saturated heterocycles. The SMILES string of the molecule is CCc1ccc(NC(=O)CCC(C)C(=O)O)cc1. The highest BCUT2D eigenvalue weighted by atomic mass is 16.4. The Morgan fingerprint density at radius 1 is 1.28 bits per heavy atom. The van der Waals surface area contributed by atoms with Crippen LogP contribution >= 0.6 is 0 Å². The quantitative estimate of drug-likeness (QED) is 0.814. The van der Waals surface area contributed by atoms with E-state index in [0.717, 1.165) is 12.1 Å². The minimum atomic E-state index is -0.866. The van der Waals surface area contributed by atoms with Crippen LogP contribution in [-0.2, 0) is 16.0 Å². The van der Waals surface area contributed by atoms with Crippen molar-refractivity contribution in [3.8, 4) is 0 Å². The Kier molecular flexibility index (Phi) is 5.36. The molecule has 0 heterocycles. The summed E-state index contributed by atoms with van der Waals surface area (Å²) in [7, 11) is 0. The molecule has 1 amide bonds. The molecule has 1 aromatic carbocycles. The number of anilines is 1. The maximum Gasteiger partial charge on any atom is 0.306 e. The fourth-order valence-corrected chi connectivity index (χ4v) is 1.52. The monoisotopic (exact) mass is 249 g/mol. The fourth-order valence-electron chi connectivity index (χ4n) is 1.52. The van der Waals surface area contributed by atoms with Crippen LogP contribution in [-0.4, -0.2) is 17.0 Å². The third kappa shape index (κ3) is 4.57. The van der Waals surface area contributed by atoms with E-state index in [2.05, 4.69) is 12.2 Å². The Hall–Kier alpha value is -1.84. The minimum Gasteiger partial charge on any atom is -0.481 e. The Labute approximate surface area is 107 Å². The van der Waals surface area contributed by atoms with Crippen molar-refractivity contribution < 1.29 is 14.7 Å². The molecule has 0 spiro atoms. The molecule has 0 aromatic heterocycles. The lowest BCUT2D eigenvalue weighted by Crippen LogP contribution is -2.16. The van der Waals surface area contributed by atoms with Crippen molar-refractivity contribution in [3.63, 3.8) is 0 Å². The van der Waals surface area contributed by atoms with Crippen LogP contribution in [0.5, 0.6) is 0 Å². The van der Waals surface area contributed by atoms with Gasteiger partial charge in [-0.2, -0.15) is 0 Å². The van der Waals surface area contributed by atoms with Gasteiger partial charge in [0.05, 0.1) is 5.92 Å². The summed E-state index contributed by atoms with van der Waals surface area (Å²) in [6, 6.07) is 7.65. The number of benzene rings is 1. The van der Waals surface area contributed by atoms with Crippen LogP contribution in [0.4, 0.5) is 5.69 Å². The molecular formula is C14H19NO3. The number of hydrogen-bond donors (Lipinski definition) is 2. The van der Waals surface area contributed by atoms with Gasteiger partial charge in [-0.25, -0.2) is 0 Å². The summed E-state index contributed by atoms with van der Waals surface area (Å²) in [6.45, 7) is 3.67. The number of carbonyl (C=O) groups is 2. The van der Waals surface area contributed by atoms with E-state index in [9.17, 15) is 9.59 Å². The van der Waals surface area contributed by atoms with Crippen LogP contribution in [0.25, 0.3) is 0 Å². The van der Waals surface area contributed by atoms with E-state index in [0.29, 0.717) is 6.42 Å². The number of aliphatic carboxylic acids is 1. The molecule has 0 aliphatic rings. The molecule has 2 N–H and O–H groups in total. The summed E-state index contributed by atoms with van der Waals surface area (Å²) in [5.74, 6) is -1.50. The van der Waals surface area contributed by atoms with E-state index in [4.69, 9.17) is 5.11 Å². The predicted molar refractivity (Wildman–Crippen MR) is 70.5 cm³/mol. The minimum absolute atomic E-state index is 0.146. The van der Waals surface area contributed by atoms with E-state index in [1.807, 2.05) is 24.3 Å². The standard InChI is InChI=1S/C14H19NO3/c1-3-11-5-7-12(8-6-11)15-13(16)9-4-10(2)14(17)18/h5-8,10H,3-4,9H2,1-2H3,(H,15,16)(H,17,18). The molecule has 0 radical (unpaired) electrons. The van der Waals surface area contributed by atoms with Gasteiger partial charge in [-0.05, 0) is 30.5 Å². The second-order valence-electron chi connectivity index (χ2n) is 4.38. The Bertz CT molecular complexity index is 412. The van der Waals surface area contributed by atoms with Crippen LogP contribution in [0, 0.1) is 5.92 Å². The van der Waals surface area contributed by atoms with E-state index < -0.39 is 11.9 Å². The first-order chi connectivity index (χ1) is 8.52. The smallest absolute Gasteiger partial charge is 0.306 e. The Morgan fingerprint density at radius 2 is 1.89 bits per heavy atom. The number of rotatable bonds is 6. The van der Waals surface area contributed by atoms with E-state index >= 15 is 0 Å². The molecule has 4 heteroatoms. The summed E-state index contributed by atoms with van der Waals surface area (Å²) < 4.78 is 0. The maximum atomic E-state index is 11.6. The number of hydrogen-bond acceptors (Lipinski definition) is 2. The maximum absolute atomic E-state index is 11.6. The topological polar surface area (TPSA) is 66.4 Å². The highest BCUT2D eigenvalue weighted by Crippen LogP contribution is 2.12. The molecule has 1 aromatic rings. The van der Waals surface area contributed by atoms with Gasteiger partial charge in [0.1, 0.15) is 0 Å². The molecule has 0 saturated carbocycles. The third-order valence-electron chi connectivity index (χ3n) is 2.87. The van der Waals surface area contributed by atoms with Crippen molar-refractivity contribution in [2.45, 2.75) is 33.1 Å². The highest BCUT2D eigenvalue weighted by Gasteiger charge is 2.12. The average Bonchev–Trinajstić information content (AvgIpc) is 2.36. The van der Waals surface area contributed by atoms with Gasteiger partial charge in [-0.3, -0.25) is 9.59 Å². The van der Waals surface area contributed by atoms with E-state index in [1.54, 1.807) is 6.92 Å². The zero-order valence-electron chi connectivity index (χ0n) is 10.8. The average molecular weight is 249 g/mol. The molecule has 98 valence electrons. The third-order valence-corrected chi connectivity index (χ3v) is 2.87. The second-order valence-corrected chi connectivity index (χ2v) is 4.38. The van der Waals surface area contributed by atoms with Gasteiger partial charge in [0.15, 0.2) is 0 Å². The van der Waals surface area contributed by atoms with Crippen molar-refractivity contribution >= 4 is 17.6 Å². The second kappa shape index (κ2) is 6.79. The number of amides is 1. The lowest BCUT2D eigenvalue weighted by molar-refractivity contribution is -0.141. The van der Waals surface area contributed by atoms with Gasteiger partial charge in [0.2, 0.25) is 5.91 Å². The molecule has 1 atom stereocenters. The zero-order valence-corrected chi connectivity index (χ0v) is 10.8. The summed E-state index contributed by atoms with van der Waals surface area (Å²) in [4.78, 5) is 22.2. The first-order valence-electron chi connectivity index (χ1n) is 6.14. The van der Waals surface area contributed by atoms with Gasteiger partial charge in [0, 0.05) is 12.1 Å². The molecule has 0 bridgehead atoms. The number of aryl methyl sites for hydroxylation is 1. The van der Waals surface area contributed by atoms with Crippen molar-refractivity contribution in [1.29, 1.82) is 0 Å². The number of nitrogens with one attached hydrogen (secondary N) is 1. The summed E-state index contributed by atoms with van der Waals surface area (Å²) in [5.41, 5.74) is 1.97. The molecule has 0 fully saturated rings. The largest absolute Gasteiger partial charge is 0.481 e. The zero-order chi connectivity index (χ0) is 13.5. The summed E-state index contributed by atoms with van der Waals surface area (Å²) in [6.07, 6.45) is 1.54. The lowest BCUT2D eigenvalue weighted by Gasteiger charge is -2.07. The number of carboxylic acids is 1. The van der Waals surface area contributed by atoms with Gasteiger partial charge < -0.3 is 10.4 Å². The molecule has 1 unspecified atom stereocenters. The van der Waals surface area contributed by atoms with Crippen LogP contribution in [0.1, 0.15) is 32.3 Å². The van der Waals surface area contributed by atoms with Crippen LogP contribution < -0.4 is 5.32 Å². The predicted octanol–water partition coefficient (Wildman–Crippen LogP) is 2.69. The van der Waals surface area contributed by atoms with Crippen LogP contribution in [0.2, 0.25) is 0 Å². The normalized spacial score (nSPS) is 11.9. The Morgan fingerprint density at radius 3 is 2.39 bits per heavy atom. The van der Waals surface area contributed by atoms with Crippen molar-refractivity contribution in [2.75, 3.05) is 5.32 Å². The van der Waals surface area contributed by atoms with Crippen LogP contribution in [0.15, 0.2) is 24.3 Å². The van der Waals surface area contributed by atoms with E-state index in [-0.39, 0.29) is 12.3 Å². The first kappa shape index (κ1) is 14.2. The summed E-state index contributed by atoms with van der Waals surface area (Å²) in [5, 5.41) is 11.5. The lowest BCUT2D eigenvalue weighted by atomic mass is 10.1. The summed E-state index contributed by atoms with van der Waals surface area (Å²) >= 11 is 0. The highest BCUT2D eigenvalue weighted by molar-refractivity contribution is 5.90. The van der Waals surface area contributed by atoms with Gasteiger partial charge in [-0.15, -0.1) is 0 Å². The van der Waals surface area contributed by atoms with Crippen molar-refractivity contribution in [3.05, 3.63) is 29.8 Å². The molecule has 0 aliphatic heterocycles. The van der Waals surface area contributed by atoms with Gasteiger partial charge >= 0.3 is 5.97 Å². The van der Waals surface area contributed by atoms with Crippen LogP contribution in [0.3, 0.4) is 0 Å². The Balaban J connectivity index is 2.42. The fraction of sp³-hybridized carbons (Fsp3) is 0.429. The molecule has 0 aliphatic carbocycles. The van der Waals surface area contributed by atoms with Gasteiger partial charge in [-0.1, -0.05) is 26.0 Å². The van der Waals surface area contributed by atoms with Crippen molar-refractivity contribution in [1.82, 2.24) is 0 Å². The number of carboxylic acid groups (broad SMARTS) is 1.